The van der Waals surface area contributed by atoms with Gasteiger partial charge in [-0.3, -0.25) is 4.79 Å². The quantitative estimate of drug-likeness (QED) is 0.804. The van der Waals surface area contributed by atoms with Gasteiger partial charge in [-0.05, 0) is 37.3 Å². The molecule has 1 aliphatic rings. The predicted molar refractivity (Wildman–Crippen MR) is 96.9 cm³/mol. The molecule has 0 N–H and O–H groups in total. The number of carbonyl (C=O) groups excluding carboxylic acids is 1. The molecular formula is C19H26N2OS. The highest BCUT2D eigenvalue weighted by atomic mass is 32.1. The van der Waals surface area contributed by atoms with Crippen LogP contribution >= 0.6 is 11.3 Å². The van der Waals surface area contributed by atoms with Gasteiger partial charge in [0.15, 0.2) is 0 Å². The summed E-state index contributed by atoms with van der Waals surface area (Å²) in [6.45, 7) is 6.13. The SMILES string of the molecule is CCCCC1CCN(C(=O)Cc2cccc3sc(C)nc23)CC1. The van der Waals surface area contributed by atoms with E-state index in [0.29, 0.717) is 6.42 Å². The summed E-state index contributed by atoms with van der Waals surface area (Å²) in [6, 6.07) is 6.18. The summed E-state index contributed by atoms with van der Waals surface area (Å²) < 4.78 is 1.19. The first-order valence-electron chi connectivity index (χ1n) is 8.80. The number of unbranched alkanes of at least 4 members (excludes halogenated alkanes) is 1. The lowest BCUT2D eigenvalue weighted by Crippen LogP contribution is -2.39. The van der Waals surface area contributed by atoms with Crippen LogP contribution in [0.25, 0.3) is 10.2 Å². The number of amides is 1. The van der Waals surface area contributed by atoms with Gasteiger partial charge in [0.1, 0.15) is 0 Å². The summed E-state index contributed by atoms with van der Waals surface area (Å²) >= 11 is 1.70. The van der Waals surface area contributed by atoms with Crippen LogP contribution in [-0.4, -0.2) is 28.9 Å². The molecule has 124 valence electrons. The van der Waals surface area contributed by atoms with E-state index in [4.69, 9.17) is 0 Å². The Morgan fingerprint density at radius 1 is 1.35 bits per heavy atom. The first kappa shape index (κ1) is 16.4. The second kappa shape index (κ2) is 7.43. The first-order valence-corrected chi connectivity index (χ1v) is 9.62. The molecule has 1 fully saturated rings. The fraction of sp³-hybridized carbons (Fsp3) is 0.579. The lowest BCUT2D eigenvalue weighted by molar-refractivity contribution is -0.131. The summed E-state index contributed by atoms with van der Waals surface area (Å²) in [5, 5.41) is 1.07. The van der Waals surface area contributed by atoms with E-state index in [1.807, 2.05) is 19.1 Å². The molecule has 0 atom stereocenters. The summed E-state index contributed by atoms with van der Waals surface area (Å²) in [6.07, 6.45) is 6.76. The largest absolute Gasteiger partial charge is 0.342 e. The van der Waals surface area contributed by atoms with Crippen molar-refractivity contribution in [2.75, 3.05) is 13.1 Å². The van der Waals surface area contributed by atoms with E-state index >= 15 is 0 Å². The van der Waals surface area contributed by atoms with Crippen LogP contribution in [0, 0.1) is 12.8 Å². The van der Waals surface area contributed by atoms with Crippen molar-refractivity contribution >= 4 is 27.5 Å². The van der Waals surface area contributed by atoms with Gasteiger partial charge >= 0.3 is 0 Å². The monoisotopic (exact) mass is 330 g/mol. The highest BCUT2D eigenvalue weighted by Gasteiger charge is 2.23. The maximum atomic E-state index is 12.6. The maximum Gasteiger partial charge on any atom is 0.227 e. The molecule has 3 nitrogen and oxygen atoms in total. The molecular weight excluding hydrogens is 304 g/mol. The van der Waals surface area contributed by atoms with Crippen molar-refractivity contribution in [1.82, 2.24) is 9.88 Å². The van der Waals surface area contributed by atoms with E-state index < -0.39 is 0 Å². The van der Waals surface area contributed by atoms with Gasteiger partial charge in [-0.2, -0.15) is 0 Å². The number of hydrogen-bond acceptors (Lipinski definition) is 3. The molecule has 0 radical (unpaired) electrons. The van der Waals surface area contributed by atoms with Gasteiger partial charge in [0.05, 0.1) is 21.6 Å². The lowest BCUT2D eigenvalue weighted by Gasteiger charge is -2.32. The topological polar surface area (TPSA) is 33.2 Å². The molecule has 1 saturated heterocycles. The summed E-state index contributed by atoms with van der Waals surface area (Å²) in [5.41, 5.74) is 2.09. The zero-order chi connectivity index (χ0) is 16.2. The average molecular weight is 330 g/mol. The van der Waals surface area contributed by atoms with Crippen LogP contribution in [0.15, 0.2) is 18.2 Å². The van der Waals surface area contributed by atoms with Crippen LogP contribution < -0.4 is 0 Å². The normalized spacial score (nSPS) is 16.2. The highest BCUT2D eigenvalue weighted by molar-refractivity contribution is 7.18. The fourth-order valence-corrected chi connectivity index (χ4v) is 4.37. The van der Waals surface area contributed by atoms with Crippen molar-refractivity contribution < 1.29 is 4.79 Å². The molecule has 3 rings (SSSR count). The number of nitrogens with zero attached hydrogens (tertiary/aromatic N) is 2. The number of rotatable bonds is 5. The van der Waals surface area contributed by atoms with Crippen molar-refractivity contribution in [2.45, 2.75) is 52.4 Å². The van der Waals surface area contributed by atoms with E-state index in [1.165, 1.54) is 36.8 Å². The Hall–Kier alpha value is -1.42. The molecule has 0 aliphatic carbocycles. The second-order valence-corrected chi connectivity index (χ2v) is 7.87. The minimum atomic E-state index is 0.261. The third-order valence-electron chi connectivity index (χ3n) is 4.88. The van der Waals surface area contributed by atoms with E-state index in [1.54, 1.807) is 11.3 Å². The zero-order valence-corrected chi connectivity index (χ0v) is 15.0. The van der Waals surface area contributed by atoms with E-state index in [2.05, 4.69) is 22.9 Å². The summed E-state index contributed by atoms with van der Waals surface area (Å²) in [5.74, 6) is 1.08. The molecule has 4 heteroatoms. The minimum Gasteiger partial charge on any atom is -0.342 e. The standard InChI is InChI=1S/C19H26N2OS/c1-3-4-6-15-9-11-21(12-10-15)18(22)13-16-7-5-8-17-19(16)20-14(2)23-17/h5,7-8,15H,3-4,6,9-13H2,1-2H3. The van der Waals surface area contributed by atoms with Crippen LogP contribution in [0.5, 0.6) is 0 Å². The molecule has 2 heterocycles. The Balaban J connectivity index is 1.61. The van der Waals surface area contributed by atoms with Crippen molar-refractivity contribution in [3.8, 4) is 0 Å². The van der Waals surface area contributed by atoms with Crippen molar-refractivity contribution in [3.05, 3.63) is 28.8 Å². The molecule has 0 bridgehead atoms. The number of hydrogen-bond donors (Lipinski definition) is 0. The maximum absolute atomic E-state index is 12.6. The molecule has 2 aromatic rings. The van der Waals surface area contributed by atoms with Crippen LogP contribution in [0.2, 0.25) is 0 Å². The van der Waals surface area contributed by atoms with Gasteiger partial charge in [-0.25, -0.2) is 4.98 Å². The van der Waals surface area contributed by atoms with E-state index in [0.717, 1.165) is 35.1 Å². The van der Waals surface area contributed by atoms with Gasteiger partial charge in [0.25, 0.3) is 0 Å². The molecule has 1 aromatic carbocycles. The third kappa shape index (κ3) is 3.92. The predicted octanol–water partition coefficient (Wildman–Crippen LogP) is 4.58. The highest BCUT2D eigenvalue weighted by Crippen LogP contribution is 2.26. The van der Waals surface area contributed by atoms with Gasteiger partial charge in [0.2, 0.25) is 5.91 Å². The number of aryl methyl sites for hydroxylation is 1. The lowest BCUT2D eigenvalue weighted by atomic mass is 9.91. The van der Waals surface area contributed by atoms with Gasteiger partial charge in [-0.15, -0.1) is 11.3 Å². The fourth-order valence-electron chi connectivity index (χ4n) is 3.50. The molecule has 23 heavy (non-hydrogen) atoms. The van der Waals surface area contributed by atoms with Crippen LogP contribution in [0.4, 0.5) is 0 Å². The first-order chi connectivity index (χ1) is 11.2. The Morgan fingerprint density at radius 2 is 2.13 bits per heavy atom. The van der Waals surface area contributed by atoms with Crippen LogP contribution in [0.1, 0.15) is 49.6 Å². The van der Waals surface area contributed by atoms with Gasteiger partial charge in [0, 0.05) is 13.1 Å². The Labute approximate surface area is 142 Å². The average Bonchev–Trinajstić information content (AvgIpc) is 2.94. The molecule has 1 aliphatic heterocycles. The number of thiazole rings is 1. The number of aromatic nitrogens is 1. The third-order valence-corrected chi connectivity index (χ3v) is 5.82. The number of fused-ring (bicyclic) bond motifs is 1. The number of para-hydroxylation sites is 1. The van der Waals surface area contributed by atoms with Crippen LogP contribution in [0.3, 0.4) is 0 Å². The summed E-state index contributed by atoms with van der Waals surface area (Å²) in [4.78, 5) is 19.3. The Kier molecular flexibility index (Phi) is 5.31. The molecule has 0 unspecified atom stereocenters. The van der Waals surface area contributed by atoms with Crippen molar-refractivity contribution in [1.29, 1.82) is 0 Å². The number of piperidine rings is 1. The zero-order valence-electron chi connectivity index (χ0n) is 14.2. The van der Waals surface area contributed by atoms with Crippen molar-refractivity contribution in [2.24, 2.45) is 5.92 Å². The van der Waals surface area contributed by atoms with E-state index in [9.17, 15) is 4.79 Å². The summed E-state index contributed by atoms with van der Waals surface area (Å²) in [7, 11) is 0. The molecule has 0 saturated carbocycles. The van der Waals surface area contributed by atoms with Crippen LogP contribution in [-0.2, 0) is 11.2 Å². The smallest absolute Gasteiger partial charge is 0.227 e. The number of carbonyl (C=O) groups is 1. The second-order valence-electron chi connectivity index (χ2n) is 6.64. The molecule has 1 amide bonds. The number of likely N-dealkylation sites (tertiary alicyclic amines) is 1. The number of benzene rings is 1. The van der Waals surface area contributed by atoms with Gasteiger partial charge in [-0.1, -0.05) is 38.3 Å². The molecule has 0 spiro atoms. The minimum absolute atomic E-state index is 0.261. The van der Waals surface area contributed by atoms with E-state index in [-0.39, 0.29) is 5.91 Å². The Morgan fingerprint density at radius 3 is 2.87 bits per heavy atom. The Bertz CT molecular complexity index is 671. The van der Waals surface area contributed by atoms with Crippen molar-refractivity contribution in [3.63, 3.8) is 0 Å². The molecule has 1 aromatic heterocycles. The van der Waals surface area contributed by atoms with Gasteiger partial charge < -0.3 is 4.90 Å².